The number of hydrogen-bond acceptors (Lipinski definition) is 0. The zero-order valence-electron chi connectivity index (χ0n) is 9.34. The summed E-state index contributed by atoms with van der Waals surface area (Å²) >= 11 is 0. The molecule has 0 saturated heterocycles. The smallest absolute Gasteiger partial charge is 0.0229 e. The second-order valence-corrected chi connectivity index (χ2v) is 6.25. The molecule has 0 aromatic carbocycles. The van der Waals surface area contributed by atoms with Crippen molar-refractivity contribution in [2.24, 2.45) is 29.1 Å². The van der Waals surface area contributed by atoms with E-state index in [0.717, 1.165) is 23.7 Å². The fourth-order valence-corrected chi connectivity index (χ4v) is 5.10. The van der Waals surface area contributed by atoms with E-state index < -0.39 is 0 Å². The highest BCUT2D eigenvalue weighted by atomic mass is 14.6. The fourth-order valence-electron chi connectivity index (χ4n) is 5.10. The number of rotatable bonds is 2. The second kappa shape index (κ2) is 2.87. The van der Waals surface area contributed by atoms with Crippen molar-refractivity contribution in [2.75, 3.05) is 0 Å². The van der Waals surface area contributed by atoms with Crippen LogP contribution in [0.25, 0.3) is 0 Å². The summed E-state index contributed by atoms with van der Waals surface area (Å²) in [4.78, 5) is 0. The van der Waals surface area contributed by atoms with Crippen molar-refractivity contribution in [3.63, 3.8) is 0 Å². The van der Waals surface area contributed by atoms with Gasteiger partial charge in [-0.05, 0) is 67.6 Å². The predicted molar refractivity (Wildman–Crippen MR) is 60.0 cm³/mol. The first-order valence-corrected chi connectivity index (χ1v) is 6.34. The van der Waals surface area contributed by atoms with Crippen LogP contribution in [0.3, 0.4) is 0 Å². The molecule has 3 unspecified atom stereocenters. The lowest BCUT2D eigenvalue weighted by Gasteiger charge is -2.60. The van der Waals surface area contributed by atoms with Crippen LogP contribution in [0, 0.1) is 29.1 Å². The van der Waals surface area contributed by atoms with Crippen LogP contribution >= 0.6 is 0 Å². The first-order valence-electron chi connectivity index (χ1n) is 6.34. The SMILES string of the molecule is C=CCC12CC3CC(CC(C3)C1C)C2. The monoisotopic (exact) mass is 190 g/mol. The van der Waals surface area contributed by atoms with Crippen molar-refractivity contribution < 1.29 is 0 Å². The van der Waals surface area contributed by atoms with E-state index in [9.17, 15) is 0 Å². The summed E-state index contributed by atoms with van der Waals surface area (Å²) in [6, 6.07) is 0. The molecule has 0 amide bonds. The lowest BCUT2D eigenvalue weighted by Crippen LogP contribution is -2.51. The summed E-state index contributed by atoms with van der Waals surface area (Å²) in [6.45, 7) is 6.49. The topological polar surface area (TPSA) is 0 Å². The third-order valence-electron chi connectivity index (χ3n) is 5.55. The number of allylic oxidation sites excluding steroid dienone is 1. The molecule has 78 valence electrons. The van der Waals surface area contributed by atoms with Crippen LogP contribution in [0.2, 0.25) is 0 Å². The second-order valence-electron chi connectivity index (χ2n) is 6.25. The molecule has 4 saturated carbocycles. The highest BCUT2D eigenvalue weighted by Crippen LogP contribution is 2.64. The van der Waals surface area contributed by atoms with Crippen LogP contribution < -0.4 is 0 Å². The Hall–Kier alpha value is -0.260. The molecular weight excluding hydrogens is 168 g/mol. The third kappa shape index (κ3) is 1.06. The Morgan fingerprint density at radius 3 is 2.43 bits per heavy atom. The maximum absolute atomic E-state index is 3.97. The van der Waals surface area contributed by atoms with Gasteiger partial charge in [-0.15, -0.1) is 6.58 Å². The summed E-state index contributed by atoms with van der Waals surface area (Å²) in [6.07, 6.45) is 11.2. The zero-order chi connectivity index (χ0) is 9.76. The minimum absolute atomic E-state index is 0.691. The summed E-state index contributed by atoms with van der Waals surface area (Å²) < 4.78 is 0. The van der Waals surface area contributed by atoms with Crippen LogP contribution in [0.4, 0.5) is 0 Å². The van der Waals surface area contributed by atoms with Gasteiger partial charge in [0, 0.05) is 0 Å². The van der Waals surface area contributed by atoms with Crippen molar-refractivity contribution in [3.05, 3.63) is 12.7 Å². The molecule has 14 heavy (non-hydrogen) atoms. The average Bonchev–Trinajstić information content (AvgIpc) is 2.13. The van der Waals surface area contributed by atoms with E-state index in [1.807, 2.05) is 0 Å². The van der Waals surface area contributed by atoms with Gasteiger partial charge in [-0.1, -0.05) is 13.0 Å². The van der Waals surface area contributed by atoms with Gasteiger partial charge in [0.1, 0.15) is 0 Å². The van der Waals surface area contributed by atoms with Crippen molar-refractivity contribution in [3.8, 4) is 0 Å². The fraction of sp³-hybridized carbons (Fsp3) is 0.857. The van der Waals surface area contributed by atoms with Crippen LogP contribution in [0.5, 0.6) is 0 Å². The molecule has 3 atom stereocenters. The molecule has 0 heteroatoms. The molecule has 4 aliphatic rings. The molecule has 0 aliphatic heterocycles. The molecule has 4 fully saturated rings. The van der Waals surface area contributed by atoms with Crippen molar-refractivity contribution in [1.29, 1.82) is 0 Å². The standard InChI is InChI=1S/C14H22/c1-3-4-14-8-11-5-12(9-14)7-13(6-11)10(14)2/h3,10-13H,1,4-9H2,2H3. The maximum atomic E-state index is 3.97. The summed E-state index contributed by atoms with van der Waals surface area (Å²) in [5.41, 5.74) is 0.691. The van der Waals surface area contributed by atoms with Gasteiger partial charge in [-0.25, -0.2) is 0 Å². The Morgan fingerprint density at radius 1 is 1.21 bits per heavy atom. The summed E-state index contributed by atoms with van der Waals surface area (Å²) in [5, 5.41) is 0. The molecule has 4 aliphatic carbocycles. The van der Waals surface area contributed by atoms with E-state index in [2.05, 4.69) is 19.6 Å². The molecule has 0 nitrogen and oxygen atoms in total. The largest absolute Gasteiger partial charge is 0.103 e. The van der Waals surface area contributed by atoms with E-state index in [1.165, 1.54) is 19.3 Å². The van der Waals surface area contributed by atoms with Gasteiger partial charge in [0.25, 0.3) is 0 Å². The normalized spacial score (nSPS) is 54.9. The van der Waals surface area contributed by atoms with Crippen LogP contribution in [-0.2, 0) is 0 Å². The van der Waals surface area contributed by atoms with E-state index in [-0.39, 0.29) is 0 Å². The molecule has 0 aromatic heterocycles. The Morgan fingerprint density at radius 2 is 1.86 bits per heavy atom. The quantitative estimate of drug-likeness (QED) is 0.577. The molecule has 0 spiro atoms. The van der Waals surface area contributed by atoms with E-state index in [4.69, 9.17) is 0 Å². The van der Waals surface area contributed by atoms with Crippen LogP contribution in [0.15, 0.2) is 12.7 Å². The van der Waals surface area contributed by atoms with E-state index >= 15 is 0 Å². The zero-order valence-corrected chi connectivity index (χ0v) is 9.34. The lowest BCUT2D eigenvalue weighted by atomic mass is 9.45. The maximum Gasteiger partial charge on any atom is -0.0229 e. The van der Waals surface area contributed by atoms with Crippen molar-refractivity contribution >= 4 is 0 Å². The highest BCUT2D eigenvalue weighted by Gasteiger charge is 2.54. The van der Waals surface area contributed by atoms with Gasteiger partial charge in [0.2, 0.25) is 0 Å². The average molecular weight is 190 g/mol. The number of hydrogen-bond donors (Lipinski definition) is 0. The van der Waals surface area contributed by atoms with Gasteiger partial charge in [0.05, 0.1) is 0 Å². The van der Waals surface area contributed by atoms with E-state index in [0.29, 0.717) is 5.41 Å². The van der Waals surface area contributed by atoms with Gasteiger partial charge < -0.3 is 0 Å². The Balaban J connectivity index is 1.93. The Labute approximate surface area is 87.8 Å². The summed E-state index contributed by atoms with van der Waals surface area (Å²) in [7, 11) is 0. The molecule has 0 N–H and O–H groups in total. The van der Waals surface area contributed by atoms with Gasteiger partial charge in [-0.3, -0.25) is 0 Å². The van der Waals surface area contributed by atoms with Crippen molar-refractivity contribution in [1.82, 2.24) is 0 Å². The minimum atomic E-state index is 0.691. The summed E-state index contributed by atoms with van der Waals surface area (Å²) in [5.74, 6) is 4.22. The van der Waals surface area contributed by atoms with Gasteiger partial charge >= 0.3 is 0 Å². The Bertz CT molecular complexity index is 239. The minimum Gasteiger partial charge on any atom is -0.103 e. The van der Waals surface area contributed by atoms with Gasteiger partial charge in [-0.2, -0.15) is 0 Å². The van der Waals surface area contributed by atoms with Crippen LogP contribution in [-0.4, -0.2) is 0 Å². The third-order valence-corrected chi connectivity index (χ3v) is 5.55. The lowest BCUT2D eigenvalue weighted by molar-refractivity contribution is -0.0998. The van der Waals surface area contributed by atoms with Crippen LogP contribution in [0.1, 0.15) is 45.4 Å². The highest BCUT2D eigenvalue weighted by molar-refractivity contribution is 5.06. The molecule has 0 aromatic rings. The molecule has 0 radical (unpaired) electrons. The molecule has 4 rings (SSSR count). The van der Waals surface area contributed by atoms with Gasteiger partial charge in [0.15, 0.2) is 0 Å². The molecular formula is C14H22. The molecule has 0 heterocycles. The Kier molecular flexibility index (Phi) is 1.84. The predicted octanol–water partition coefficient (Wildman–Crippen LogP) is 4.02. The van der Waals surface area contributed by atoms with Crippen molar-refractivity contribution in [2.45, 2.75) is 45.4 Å². The first kappa shape index (κ1) is 9.00. The first-order chi connectivity index (χ1) is 6.73. The van der Waals surface area contributed by atoms with E-state index in [1.54, 1.807) is 19.3 Å². The molecule has 4 bridgehead atoms.